The molecule has 0 fully saturated rings. The summed E-state index contributed by atoms with van der Waals surface area (Å²) in [6.07, 6.45) is 2.33. The van der Waals surface area contributed by atoms with Gasteiger partial charge < -0.3 is 4.90 Å². The topological polar surface area (TPSA) is 63.9 Å². The van der Waals surface area contributed by atoms with Crippen LogP contribution in [0.15, 0.2) is 48.8 Å². The van der Waals surface area contributed by atoms with E-state index >= 15 is 0 Å². The number of aromatic nitrogens is 4. The van der Waals surface area contributed by atoms with Gasteiger partial charge >= 0.3 is 0 Å². The normalized spacial score (nSPS) is 13.6. The molecule has 7 heteroatoms. The number of tetrazole rings is 1. The van der Waals surface area contributed by atoms with Gasteiger partial charge in [-0.3, -0.25) is 4.79 Å². The molecule has 1 aliphatic rings. The molecule has 0 radical (unpaired) electrons. The number of halogens is 1. The van der Waals surface area contributed by atoms with Crippen molar-refractivity contribution in [2.24, 2.45) is 0 Å². The van der Waals surface area contributed by atoms with Gasteiger partial charge in [0.15, 0.2) is 0 Å². The van der Waals surface area contributed by atoms with Crippen molar-refractivity contribution in [3.05, 3.63) is 70.5 Å². The molecule has 1 amide bonds. The van der Waals surface area contributed by atoms with Crippen LogP contribution in [0.4, 0.5) is 0 Å². The molecule has 0 bridgehead atoms. The molecule has 0 saturated carbocycles. The number of fused-ring (bicyclic) bond motifs is 1. The van der Waals surface area contributed by atoms with Crippen molar-refractivity contribution in [1.29, 1.82) is 0 Å². The highest BCUT2D eigenvalue weighted by Crippen LogP contribution is 2.25. The number of rotatable bonds is 2. The summed E-state index contributed by atoms with van der Waals surface area (Å²) in [6.45, 7) is 1.28. The Morgan fingerprint density at radius 2 is 1.96 bits per heavy atom. The summed E-state index contributed by atoms with van der Waals surface area (Å²) in [5.41, 5.74) is 3.65. The molecule has 0 atom stereocenters. The van der Waals surface area contributed by atoms with E-state index in [-0.39, 0.29) is 5.91 Å². The van der Waals surface area contributed by atoms with E-state index < -0.39 is 0 Å². The van der Waals surface area contributed by atoms with Gasteiger partial charge in [0.2, 0.25) is 0 Å². The van der Waals surface area contributed by atoms with Crippen LogP contribution in [0.3, 0.4) is 0 Å². The molecule has 0 saturated heterocycles. The van der Waals surface area contributed by atoms with Crippen LogP contribution in [0.1, 0.15) is 21.5 Å². The fourth-order valence-corrected chi connectivity index (χ4v) is 3.14. The third kappa shape index (κ3) is 2.65. The number of hydrogen-bond acceptors (Lipinski definition) is 4. The van der Waals surface area contributed by atoms with Crippen molar-refractivity contribution in [1.82, 2.24) is 25.1 Å². The third-order valence-electron chi connectivity index (χ3n) is 4.21. The molecule has 120 valence electrons. The summed E-state index contributed by atoms with van der Waals surface area (Å²) < 4.78 is 1.50. The van der Waals surface area contributed by atoms with Crippen LogP contribution in [-0.4, -0.2) is 37.6 Å². The van der Waals surface area contributed by atoms with Crippen LogP contribution in [0.5, 0.6) is 0 Å². The molecule has 0 unspecified atom stereocenters. The predicted octanol–water partition coefficient (Wildman–Crippen LogP) is 2.51. The number of benzene rings is 2. The van der Waals surface area contributed by atoms with Gasteiger partial charge in [-0.1, -0.05) is 35.9 Å². The Morgan fingerprint density at radius 1 is 1.12 bits per heavy atom. The van der Waals surface area contributed by atoms with E-state index in [1.807, 2.05) is 17.0 Å². The van der Waals surface area contributed by atoms with Crippen molar-refractivity contribution in [2.75, 3.05) is 6.54 Å². The summed E-state index contributed by atoms with van der Waals surface area (Å²) in [5, 5.41) is 11.5. The number of carbonyl (C=O) groups excluding carboxylic acids is 1. The minimum atomic E-state index is -0.0792. The van der Waals surface area contributed by atoms with E-state index in [1.54, 1.807) is 18.2 Å². The second kappa shape index (κ2) is 6.05. The molecule has 24 heavy (non-hydrogen) atoms. The lowest BCUT2D eigenvalue weighted by Gasteiger charge is -2.29. The van der Waals surface area contributed by atoms with Gasteiger partial charge in [0.25, 0.3) is 5.91 Å². The molecule has 0 spiro atoms. The molecule has 0 aliphatic carbocycles. The fourth-order valence-electron chi connectivity index (χ4n) is 2.94. The van der Waals surface area contributed by atoms with Crippen LogP contribution in [-0.2, 0) is 13.0 Å². The first-order valence-corrected chi connectivity index (χ1v) is 7.99. The molecule has 1 aromatic heterocycles. The van der Waals surface area contributed by atoms with Gasteiger partial charge in [0.05, 0.1) is 16.3 Å². The average molecular weight is 340 g/mol. The fraction of sp³-hybridized carbons (Fsp3) is 0.176. The van der Waals surface area contributed by atoms with Gasteiger partial charge in [-0.2, -0.15) is 0 Å². The van der Waals surface area contributed by atoms with Crippen LogP contribution < -0.4 is 0 Å². The molecular weight excluding hydrogens is 326 g/mol. The third-order valence-corrected chi connectivity index (χ3v) is 4.54. The molecule has 2 heterocycles. The summed E-state index contributed by atoms with van der Waals surface area (Å²) in [7, 11) is 0. The molecule has 1 aliphatic heterocycles. The van der Waals surface area contributed by atoms with Crippen LogP contribution >= 0.6 is 11.6 Å². The number of amides is 1. The zero-order valence-corrected chi connectivity index (χ0v) is 13.5. The van der Waals surface area contributed by atoms with E-state index in [0.717, 1.165) is 6.42 Å². The Kier molecular flexibility index (Phi) is 3.74. The van der Waals surface area contributed by atoms with E-state index in [2.05, 4.69) is 27.7 Å². The van der Waals surface area contributed by atoms with E-state index in [4.69, 9.17) is 11.6 Å². The maximum Gasteiger partial charge on any atom is 0.255 e. The second-order valence-corrected chi connectivity index (χ2v) is 6.07. The Labute approximate surface area is 143 Å². The minimum Gasteiger partial charge on any atom is -0.334 e. The summed E-state index contributed by atoms with van der Waals surface area (Å²) in [5.74, 6) is -0.0792. The standard InChI is InChI=1S/C17H14ClN5O/c18-16-6-5-14(23-11-19-20-21-23)9-15(16)17(24)22-8-7-12-3-1-2-4-13(12)10-22/h1-6,9,11H,7-8,10H2. The van der Waals surface area contributed by atoms with Crippen LogP contribution in [0.25, 0.3) is 5.69 Å². The molecular formula is C17H14ClN5O. The summed E-state index contributed by atoms with van der Waals surface area (Å²) in [4.78, 5) is 14.8. The van der Waals surface area contributed by atoms with Crippen LogP contribution in [0.2, 0.25) is 5.02 Å². The number of carbonyl (C=O) groups is 1. The average Bonchev–Trinajstić information content (AvgIpc) is 3.16. The highest BCUT2D eigenvalue weighted by molar-refractivity contribution is 6.33. The molecule has 3 aromatic rings. The first kappa shape index (κ1) is 14.8. The molecule has 6 nitrogen and oxygen atoms in total. The maximum absolute atomic E-state index is 12.9. The first-order chi connectivity index (χ1) is 11.7. The van der Waals surface area contributed by atoms with E-state index in [1.165, 1.54) is 22.1 Å². The molecule has 4 rings (SSSR count). The number of nitrogens with zero attached hydrogens (tertiary/aromatic N) is 5. The lowest BCUT2D eigenvalue weighted by molar-refractivity contribution is 0.0735. The Balaban J connectivity index is 1.64. The van der Waals surface area contributed by atoms with E-state index in [9.17, 15) is 4.79 Å². The first-order valence-electron chi connectivity index (χ1n) is 7.61. The van der Waals surface area contributed by atoms with Gasteiger partial charge in [0.1, 0.15) is 6.33 Å². The SMILES string of the molecule is O=C(c1cc(-n2cnnn2)ccc1Cl)N1CCc2ccccc2C1. The zero-order chi connectivity index (χ0) is 16.5. The number of hydrogen-bond donors (Lipinski definition) is 0. The van der Waals surface area contributed by atoms with Crippen molar-refractivity contribution in [3.63, 3.8) is 0 Å². The van der Waals surface area contributed by atoms with Crippen molar-refractivity contribution in [3.8, 4) is 5.69 Å². The van der Waals surface area contributed by atoms with Crippen molar-refractivity contribution < 1.29 is 4.79 Å². The Bertz CT molecular complexity index is 894. The highest BCUT2D eigenvalue weighted by Gasteiger charge is 2.23. The van der Waals surface area contributed by atoms with Crippen LogP contribution in [0, 0.1) is 0 Å². The van der Waals surface area contributed by atoms with Gasteiger partial charge in [0, 0.05) is 13.1 Å². The lowest BCUT2D eigenvalue weighted by atomic mass is 9.99. The highest BCUT2D eigenvalue weighted by atomic mass is 35.5. The van der Waals surface area contributed by atoms with Crippen molar-refractivity contribution in [2.45, 2.75) is 13.0 Å². The largest absolute Gasteiger partial charge is 0.334 e. The quantitative estimate of drug-likeness (QED) is 0.719. The Morgan fingerprint density at radius 3 is 2.75 bits per heavy atom. The Hall–Kier alpha value is -2.73. The molecule has 2 aromatic carbocycles. The second-order valence-electron chi connectivity index (χ2n) is 5.66. The van der Waals surface area contributed by atoms with Gasteiger partial charge in [-0.15, -0.1) is 5.10 Å². The van der Waals surface area contributed by atoms with E-state index in [0.29, 0.717) is 29.4 Å². The molecule has 0 N–H and O–H groups in total. The zero-order valence-electron chi connectivity index (χ0n) is 12.8. The summed E-state index contributed by atoms with van der Waals surface area (Å²) >= 11 is 6.26. The maximum atomic E-state index is 12.9. The smallest absolute Gasteiger partial charge is 0.255 e. The predicted molar refractivity (Wildman–Crippen MR) is 89.1 cm³/mol. The minimum absolute atomic E-state index is 0.0792. The summed E-state index contributed by atoms with van der Waals surface area (Å²) in [6, 6.07) is 13.4. The lowest BCUT2D eigenvalue weighted by Crippen LogP contribution is -2.36. The van der Waals surface area contributed by atoms with Gasteiger partial charge in [-0.25, -0.2) is 4.68 Å². The van der Waals surface area contributed by atoms with Gasteiger partial charge in [-0.05, 0) is 46.2 Å². The monoisotopic (exact) mass is 339 g/mol. The van der Waals surface area contributed by atoms with Crippen molar-refractivity contribution >= 4 is 17.5 Å².